The third kappa shape index (κ3) is 7.06. The van der Waals surface area contributed by atoms with Crippen LogP contribution in [0.4, 0.5) is 0 Å². The summed E-state index contributed by atoms with van der Waals surface area (Å²) in [4.78, 5) is 22.8. The molecule has 0 saturated carbocycles. The van der Waals surface area contributed by atoms with Crippen LogP contribution in [-0.4, -0.2) is 36.2 Å². The standard InChI is InChI=1S/C15H18BrNO4/c1-2-9-21-10-13(15(19)20)17-14(18)8-5-11-3-6-12(16)7-4-11/h2-4,6-7,13H,1,5,8-10H2,(H,17,18)(H,19,20). The monoisotopic (exact) mass is 355 g/mol. The van der Waals surface area contributed by atoms with Gasteiger partial charge in [0.15, 0.2) is 6.04 Å². The number of halogens is 1. The van der Waals surface area contributed by atoms with Crippen molar-refractivity contribution in [2.75, 3.05) is 13.2 Å². The number of rotatable bonds is 9. The molecule has 0 aliphatic heterocycles. The zero-order valence-electron chi connectivity index (χ0n) is 11.5. The first-order valence-corrected chi connectivity index (χ1v) is 7.27. The Balaban J connectivity index is 2.40. The molecule has 2 N–H and O–H groups in total. The van der Waals surface area contributed by atoms with Crippen molar-refractivity contribution in [1.82, 2.24) is 5.32 Å². The second-order valence-corrected chi connectivity index (χ2v) is 5.33. The van der Waals surface area contributed by atoms with Crippen molar-refractivity contribution in [2.24, 2.45) is 0 Å². The van der Waals surface area contributed by atoms with E-state index in [1.165, 1.54) is 6.08 Å². The van der Waals surface area contributed by atoms with E-state index in [1.54, 1.807) is 0 Å². The molecule has 1 unspecified atom stereocenters. The van der Waals surface area contributed by atoms with Crippen LogP contribution >= 0.6 is 15.9 Å². The lowest BCUT2D eigenvalue weighted by Crippen LogP contribution is -2.44. The van der Waals surface area contributed by atoms with Gasteiger partial charge in [-0.05, 0) is 24.1 Å². The zero-order chi connectivity index (χ0) is 15.7. The highest BCUT2D eigenvalue weighted by Crippen LogP contribution is 2.11. The van der Waals surface area contributed by atoms with Gasteiger partial charge in [-0.25, -0.2) is 4.79 Å². The minimum absolute atomic E-state index is 0.0780. The largest absolute Gasteiger partial charge is 0.480 e. The minimum Gasteiger partial charge on any atom is -0.480 e. The number of carboxylic acid groups (broad SMARTS) is 1. The van der Waals surface area contributed by atoms with Gasteiger partial charge >= 0.3 is 5.97 Å². The highest BCUT2D eigenvalue weighted by Gasteiger charge is 2.19. The Morgan fingerprint density at radius 1 is 1.38 bits per heavy atom. The van der Waals surface area contributed by atoms with Gasteiger partial charge in [0.25, 0.3) is 0 Å². The second-order valence-electron chi connectivity index (χ2n) is 4.41. The van der Waals surface area contributed by atoms with Gasteiger partial charge in [-0.1, -0.05) is 34.1 Å². The number of hydrogen-bond acceptors (Lipinski definition) is 3. The number of ether oxygens (including phenoxy) is 1. The average molecular weight is 356 g/mol. The van der Waals surface area contributed by atoms with Crippen LogP contribution in [0.2, 0.25) is 0 Å². The molecular weight excluding hydrogens is 338 g/mol. The Labute approximate surface area is 132 Å². The number of carbonyl (C=O) groups is 2. The van der Waals surface area contributed by atoms with E-state index in [0.29, 0.717) is 6.42 Å². The van der Waals surface area contributed by atoms with E-state index in [1.807, 2.05) is 24.3 Å². The lowest BCUT2D eigenvalue weighted by Gasteiger charge is -2.14. The fourth-order valence-corrected chi connectivity index (χ4v) is 1.88. The number of hydrogen-bond donors (Lipinski definition) is 2. The molecule has 1 aromatic rings. The summed E-state index contributed by atoms with van der Waals surface area (Å²) in [6.45, 7) is 3.64. The number of aliphatic carboxylic acids is 1. The number of nitrogens with one attached hydrogen (secondary N) is 1. The van der Waals surface area contributed by atoms with E-state index in [-0.39, 0.29) is 25.5 Å². The van der Waals surface area contributed by atoms with Crippen LogP contribution in [0.15, 0.2) is 41.4 Å². The predicted molar refractivity (Wildman–Crippen MR) is 83.0 cm³/mol. The van der Waals surface area contributed by atoms with Gasteiger partial charge in [-0.3, -0.25) is 4.79 Å². The molecule has 0 bridgehead atoms. The van der Waals surface area contributed by atoms with Crippen molar-refractivity contribution in [2.45, 2.75) is 18.9 Å². The summed E-state index contributed by atoms with van der Waals surface area (Å²) < 4.78 is 6.04. The summed E-state index contributed by atoms with van der Waals surface area (Å²) in [6, 6.07) is 6.59. The van der Waals surface area contributed by atoms with Gasteiger partial charge < -0.3 is 15.2 Å². The van der Waals surface area contributed by atoms with E-state index in [2.05, 4.69) is 27.8 Å². The van der Waals surface area contributed by atoms with Gasteiger partial charge in [0, 0.05) is 10.9 Å². The molecular formula is C15H18BrNO4. The van der Waals surface area contributed by atoms with Gasteiger partial charge in [-0.2, -0.15) is 0 Å². The Bertz CT molecular complexity index is 487. The summed E-state index contributed by atoms with van der Waals surface area (Å²) in [7, 11) is 0. The predicted octanol–water partition coefficient (Wildman–Crippen LogP) is 2.15. The van der Waals surface area contributed by atoms with E-state index in [4.69, 9.17) is 9.84 Å². The maximum atomic E-state index is 11.8. The Morgan fingerprint density at radius 3 is 2.62 bits per heavy atom. The highest BCUT2D eigenvalue weighted by molar-refractivity contribution is 9.10. The van der Waals surface area contributed by atoms with Gasteiger partial charge in [0.1, 0.15) is 0 Å². The lowest BCUT2D eigenvalue weighted by molar-refractivity contribution is -0.143. The molecule has 0 radical (unpaired) electrons. The fraction of sp³-hybridized carbons (Fsp3) is 0.333. The maximum Gasteiger partial charge on any atom is 0.328 e. The molecule has 0 aliphatic rings. The molecule has 0 heterocycles. The number of carboxylic acids is 1. The van der Waals surface area contributed by atoms with Crippen LogP contribution in [0.5, 0.6) is 0 Å². The van der Waals surface area contributed by atoms with Gasteiger partial charge in [0.05, 0.1) is 13.2 Å². The van der Waals surface area contributed by atoms with E-state index < -0.39 is 12.0 Å². The Morgan fingerprint density at radius 2 is 2.05 bits per heavy atom. The topological polar surface area (TPSA) is 75.6 Å². The Kier molecular flexibility index (Phi) is 7.71. The van der Waals surface area contributed by atoms with Crippen molar-refractivity contribution in [3.8, 4) is 0 Å². The molecule has 1 aromatic carbocycles. The third-order valence-electron chi connectivity index (χ3n) is 2.71. The summed E-state index contributed by atoms with van der Waals surface area (Å²) >= 11 is 3.34. The molecule has 1 rings (SSSR count). The first-order chi connectivity index (χ1) is 10.0. The number of aryl methyl sites for hydroxylation is 1. The fourth-order valence-electron chi connectivity index (χ4n) is 1.62. The van der Waals surface area contributed by atoms with Crippen LogP contribution in [0.25, 0.3) is 0 Å². The quantitative estimate of drug-likeness (QED) is 0.525. The summed E-state index contributed by atoms with van der Waals surface area (Å²) in [5, 5.41) is 11.5. The molecule has 0 aromatic heterocycles. The molecule has 114 valence electrons. The van der Waals surface area contributed by atoms with E-state index in [9.17, 15) is 9.59 Å². The molecule has 0 spiro atoms. The number of carbonyl (C=O) groups excluding carboxylic acids is 1. The van der Waals surface area contributed by atoms with E-state index in [0.717, 1.165) is 10.0 Å². The van der Waals surface area contributed by atoms with Crippen LogP contribution in [0.3, 0.4) is 0 Å². The van der Waals surface area contributed by atoms with Crippen molar-refractivity contribution in [3.63, 3.8) is 0 Å². The normalized spacial score (nSPS) is 11.7. The second kappa shape index (κ2) is 9.31. The lowest BCUT2D eigenvalue weighted by atomic mass is 10.1. The van der Waals surface area contributed by atoms with Crippen molar-refractivity contribution in [1.29, 1.82) is 0 Å². The molecule has 0 fully saturated rings. The smallest absolute Gasteiger partial charge is 0.328 e. The van der Waals surface area contributed by atoms with Crippen LogP contribution in [0, 0.1) is 0 Å². The molecule has 0 saturated heterocycles. The van der Waals surface area contributed by atoms with Gasteiger partial charge in [-0.15, -0.1) is 6.58 Å². The summed E-state index contributed by atoms with van der Waals surface area (Å²) in [5.74, 6) is -1.43. The van der Waals surface area contributed by atoms with Crippen LogP contribution < -0.4 is 5.32 Å². The van der Waals surface area contributed by atoms with Crippen molar-refractivity contribution >= 4 is 27.8 Å². The van der Waals surface area contributed by atoms with E-state index >= 15 is 0 Å². The molecule has 6 heteroatoms. The molecule has 1 atom stereocenters. The van der Waals surface area contributed by atoms with Crippen LogP contribution in [-0.2, 0) is 20.7 Å². The molecule has 21 heavy (non-hydrogen) atoms. The number of benzene rings is 1. The average Bonchev–Trinajstić information content (AvgIpc) is 2.45. The first-order valence-electron chi connectivity index (χ1n) is 6.48. The first kappa shape index (κ1) is 17.4. The number of amides is 1. The third-order valence-corrected chi connectivity index (χ3v) is 3.24. The van der Waals surface area contributed by atoms with Crippen molar-refractivity contribution < 1.29 is 19.4 Å². The summed E-state index contributed by atoms with van der Waals surface area (Å²) in [5.41, 5.74) is 1.02. The Hall–Kier alpha value is -1.66. The molecule has 1 amide bonds. The van der Waals surface area contributed by atoms with Crippen LogP contribution in [0.1, 0.15) is 12.0 Å². The molecule has 0 aliphatic carbocycles. The van der Waals surface area contributed by atoms with Gasteiger partial charge in [0.2, 0.25) is 5.91 Å². The zero-order valence-corrected chi connectivity index (χ0v) is 13.1. The summed E-state index contributed by atoms with van der Waals surface area (Å²) in [6.07, 6.45) is 2.31. The SMILES string of the molecule is C=CCOCC(NC(=O)CCc1ccc(Br)cc1)C(=O)O. The van der Waals surface area contributed by atoms with Crippen molar-refractivity contribution in [3.05, 3.63) is 47.0 Å². The maximum absolute atomic E-state index is 11.8. The molecule has 5 nitrogen and oxygen atoms in total. The minimum atomic E-state index is -1.11. The highest BCUT2D eigenvalue weighted by atomic mass is 79.9.